The Kier molecular flexibility index (Phi) is 68.2. The molecule has 0 aromatic rings. The average molecular weight is 1160 g/mol. The fourth-order valence-electron chi connectivity index (χ4n) is 10.5. The standard InChI is InChI=1S/C77H136O6/c1-4-7-10-13-16-19-22-25-28-31-32-33-34-35-36-37-38-39-40-41-42-43-44-47-49-52-55-58-61-64-67-70-76(79)82-73-74(83-77(80)71-68-65-62-59-56-53-50-46-30-27-24-21-18-15-12-9-6-3)72-81-75(78)69-66-63-60-57-54-51-48-45-29-26-23-20-17-14-11-8-5-2/h9,12,17-18,20-21,26-27,29-32,50,53,74H,4-8,10-11,13-16,19,22-25,28,33-49,51-52,54-73H2,1-3H3/b12-9-,20-17-,21-18-,29-26-,30-27-,32-31-,53-50-. The van der Waals surface area contributed by atoms with Crippen LogP contribution in [0.3, 0.4) is 0 Å². The highest BCUT2D eigenvalue weighted by molar-refractivity contribution is 5.71. The molecule has 83 heavy (non-hydrogen) atoms. The molecule has 0 bridgehead atoms. The Morgan fingerprint density at radius 2 is 0.470 bits per heavy atom. The molecule has 0 N–H and O–H groups in total. The van der Waals surface area contributed by atoms with Crippen LogP contribution in [0.25, 0.3) is 0 Å². The van der Waals surface area contributed by atoms with Gasteiger partial charge in [-0.05, 0) is 116 Å². The third kappa shape index (κ3) is 69.3. The third-order valence-electron chi connectivity index (χ3n) is 15.9. The van der Waals surface area contributed by atoms with Crippen molar-refractivity contribution in [2.45, 2.75) is 374 Å². The van der Waals surface area contributed by atoms with E-state index in [4.69, 9.17) is 14.2 Å². The molecule has 0 aliphatic rings. The van der Waals surface area contributed by atoms with Gasteiger partial charge in [0.1, 0.15) is 13.2 Å². The fraction of sp³-hybridized carbons (Fsp3) is 0.779. The highest BCUT2D eigenvalue weighted by Crippen LogP contribution is 2.18. The quantitative estimate of drug-likeness (QED) is 0.0261. The number of unbranched alkanes of at least 4 members (excludes halogenated alkanes) is 41. The molecular weight excluding hydrogens is 1020 g/mol. The van der Waals surface area contributed by atoms with Crippen molar-refractivity contribution in [1.29, 1.82) is 0 Å². The number of esters is 3. The lowest BCUT2D eigenvalue weighted by Crippen LogP contribution is -2.30. The number of hydrogen-bond donors (Lipinski definition) is 0. The van der Waals surface area contributed by atoms with Gasteiger partial charge >= 0.3 is 17.9 Å². The van der Waals surface area contributed by atoms with Gasteiger partial charge < -0.3 is 14.2 Å². The van der Waals surface area contributed by atoms with E-state index in [0.29, 0.717) is 19.3 Å². The molecule has 0 aromatic heterocycles. The number of carbonyl (C=O) groups is 3. The summed E-state index contributed by atoms with van der Waals surface area (Å²) in [5.41, 5.74) is 0. The lowest BCUT2D eigenvalue weighted by atomic mass is 10.0. The molecule has 0 saturated carbocycles. The van der Waals surface area contributed by atoms with Crippen LogP contribution in [-0.2, 0) is 28.6 Å². The lowest BCUT2D eigenvalue weighted by molar-refractivity contribution is -0.167. The van der Waals surface area contributed by atoms with Gasteiger partial charge in [0.15, 0.2) is 6.10 Å². The fourth-order valence-corrected chi connectivity index (χ4v) is 10.5. The topological polar surface area (TPSA) is 78.9 Å². The van der Waals surface area contributed by atoms with Crippen molar-refractivity contribution in [2.24, 2.45) is 0 Å². The van der Waals surface area contributed by atoms with E-state index in [2.05, 4.69) is 106 Å². The van der Waals surface area contributed by atoms with E-state index in [1.165, 1.54) is 218 Å². The number of hydrogen-bond acceptors (Lipinski definition) is 6. The van der Waals surface area contributed by atoms with Crippen LogP contribution < -0.4 is 0 Å². The summed E-state index contributed by atoms with van der Waals surface area (Å²) < 4.78 is 17.0. The first-order valence-corrected chi connectivity index (χ1v) is 36.1. The van der Waals surface area contributed by atoms with Crippen molar-refractivity contribution in [3.63, 3.8) is 0 Å². The van der Waals surface area contributed by atoms with Crippen LogP contribution in [0.2, 0.25) is 0 Å². The van der Waals surface area contributed by atoms with Crippen molar-refractivity contribution in [1.82, 2.24) is 0 Å². The van der Waals surface area contributed by atoms with E-state index in [9.17, 15) is 14.4 Å². The minimum absolute atomic E-state index is 0.0866. The second-order valence-electron chi connectivity index (χ2n) is 24.1. The Bertz CT molecular complexity index is 1570. The van der Waals surface area contributed by atoms with Crippen LogP contribution in [-0.4, -0.2) is 37.2 Å². The predicted octanol–water partition coefficient (Wildman–Crippen LogP) is 25.0. The summed E-state index contributed by atoms with van der Waals surface area (Å²) in [6.07, 6.45) is 94.8. The summed E-state index contributed by atoms with van der Waals surface area (Å²) >= 11 is 0. The average Bonchev–Trinajstić information content (AvgIpc) is 3.50. The SMILES string of the molecule is CC/C=C\C/C=C\C/C=C\C/C=C\CCCCCCC(=O)OC(COC(=O)CCCCCCCCC/C=C\C/C=C\CCCCC)COC(=O)CCCCCCCCCCCCCCCCCCCCC/C=C\CCCCCCCCCC. The Labute approximate surface area is 515 Å². The van der Waals surface area contributed by atoms with Crippen LogP contribution in [0.4, 0.5) is 0 Å². The molecule has 0 fully saturated rings. The predicted molar refractivity (Wildman–Crippen MR) is 362 cm³/mol. The highest BCUT2D eigenvalue weighted by atomic mass is 16.6. The van der Waals surface area contributed by atoms with Crippen molar-refractivity contribution < 1.29 is 28.6 Å². The Balaban J connectivity index is 4.24. The van der Waals surface area contributed by atoms with E-state index < -0.39 is 6.10 Å². The van der Waals surface area contributed by atoms with E-state index in [1.54, 1.807) is 0 Å². The molecule has 6 heteroatoms. The minimum Gasteiger partial charge on any atom is -0.462 e. The molecule has 0 aromatic carbocycles. The van der Waals surface area contributed by atoms with E-state index in [0.717, 1.165) is 109 Å². The van der Waals surface area contributed by atoms with E-state index in [1.807, 2.05) is 0 Å². The summed E-state index contributed by atoms with van der Waals surface area (Å²) in [5.74, 6) is -0.901. The second-order valence-corrected chi connectivity index (χ2v) is 24.1. The zero-order valence-electron chi connectivity index (χ0n) is 55.2. The summed E-state index contributed by atoms with van der Waals surface area (Å²) in [6.45, 7) is 6.52. The normalized spacial score (nSPS) is 12.6. The van der Waals surface area contributed by atoms with Crippen molar-refractivity contribution in [3.05, 3.63) is 85.1 Å². The molecule has 0 rings (SSSR count). The molecule has 0 spiro atoms. The molecule has 1 unspecified atom stereocenters. The molecule has 0 saturated heterocycles. The first kappa shape index (κ1) is 79.6. The van der Waals surface area contributed by atoms with Crippen LogP contribution in [0.15, 0.2) is 85.1 Å². The summed E-state index contributed by atoms with van der Waals surface area (Å²) in [6, 6.07) is 0. The van der Waals surface area contributed by atoms with Crippen LogP contribution in [0.1, 0.15) is 367 Å². The molecule has 0 heterocycles. The van der Waals surface area contributed by atoms with Gasteiger partial charge in [-0.25, -0.2) is 0 Å². The number of carbonyl (C=O) groups excluding carboxylic acids is 3. The second kappa shape index (κ2) is 71.1. The molecule has 0 aliphatic carbocycles. The number of ether oxygens (including phenoxy) is 3. The van der Waals surface area contributed by atoms with Gasteiger partial charge in [0.05, 0.1) is 0 Å². The highest BCUT2D eigenvalue weighted by Gasteiger charge is 2.19. The van der Waals surface area contributed by atoms with Gasteiger partial charge in [-0.1, -0.05) is 318 Å². The maximum atomic E-state index is 12.9. The van der Waals surface area contributed by atoms with Gasteiger partial charge in [0, 0.05) is 19.3 Å². The zero-order valence-corrected chi connectivity index (χ0v) is 55.2. The van der Waals surface area contributed by atoms with Gasteiger partial charge in [0.2, 0.25) is 0 Å². The van der Waals surface area contributed by atoms with E-state index >= 15 is 0 Å². The van der Waals surface area contributed by atoms with Crippen LogP contribution in [0.5, 0.6) is 0 Å². The molecule has 0 radical (unpaired) electrons. The maximum Gasteiger partial charge on any atom is 0.306 e. The first-order chi connectivity index (χ1) is 41.0. The van der Waals surface area contributed by atoms with Crippen molar-refractivity contribution in [2.75, 3.05) is 13.2 Å². The van der Waals surface area contributed by atoms with E-state index in [-0.39, 0.29) is 31.1 Å². The number of rotatable bonds is 66. The lowest BCUT2D eigenvalue weighted by Gasteiger charge is -2.18. The largest absolute Gasteiger partial charge is 0.462 e. The van der Waals surface area contributed by atoms with Gasteiger partial charge in [0.25, 0.3) is 0 Å². The number of allylic oxidation sites excluding steroid dienone is 14. The Morgan fingerprint density at radius 3 is 0.771 bits per heavy atom. The Hall–Kier alpha value is -3.41. The molecule has 0 aliphatic heterocycles. The molecule has 480 valence electrons. The molecular formula is C77H136O6. The third-order valence-corrected chi connectivity index (χ3v) is 15.9. The van der Waals surface area contributed by atoms with Crippen LogP contribution in [0, 0.1) is 0 Å². The smallest absolute Gasteiger partial charge is 0.306 e. The van der Waals surface area contributed by atoms with Gasteiger partial charge in [-0.2, -0.15) is 0 Å². The summed E-state index contributed by atoms with van der Waals surface area (Å²) in [5, 5.41) is 0. The Morgan fingerprint density at radius 1 is 0.253 bits per heavy atom. The maximum absolute atomic E-state index is 12.9. The van der Waals surface area contributed by atoms with Gasteiger partial charge in [-0.3, -0.25) is 14.4 Å². The van der Waals surface area contributed by atoms with Gasteiger partial charge in [-0.15, -0.1) is 0 Å². The first-order valence-electron chi connectivity index (χ1n) is 36.1. The van der Waals surface area contributed by atoms with Crippen molar-refractivity contribution in [3.8, 4) is 0 Å². The monoisotopic (exact) mass is 1160 g/mol. The summed E-state index contributed by atoms with van der Waals surface area (Å²) in [7, 11) is 0. The zero-order chi connectivity index (χ0) is 59.9. The molecule has 0 amide bonds. The molecule has 6 nitrogen and oxygen atoms in total. The van der Waals surface area contributed by atoms with Crippen LogP contribution >= 0.6 is 0 Å². The summed E-state index contributed by atoms with van der Waals surface area (Å²) in [4.78, 5) is 38.4. The van der Waals surface area contributed by atoms with Crippen molar-refractivity contribution >= 4 is 17.9 Å². The molecule has 1 atom stereocenters. The minimum atomic E-state index is -0.794.